The Bertz CT molecular complexity index is 91.6. The molecule has 0 saturated carbocycles. The second-order valence-electron chi connectivity index (χ2n) is 2.85. The molecule has 2 atom stereocenters. The third kappa shape index (κ3) is 1.92. The second kappa shape index (κ2) is 3.88. The summed E-state index contributed by atoms with van der Waals surface area (Å²) in [5, 5.41) is 3.13. The van der Waals surface area contributed by atoms with Crippen LogP contribution in [0.2, 0.25) is 0 Å². The van der Waals surface area contributed by atoms with Crippen molar-refractivity contribution < 1.29 is 4.39 Å². The van der Waals surface area contributed by atoms with E-state index in [1.165, 1.54) is 0 Å². The first-order valence-electron chi connectivity index (χ1n) is 3.89. The van der Waals surface area contributed by atoms with Gasteiger partial charge in [-0.05, 0) is 25.9 Å². The molecular formula is C7H15FN2. The highest BCUT2D eigenvalue weighted by atomic mass is 19.1. The van der Waals surface area contributed by atoms with Gasteiger partial charge in [0.05, 0.1) is 0 Å². The minimum absolute atomic E-state index is 0.226. The summed E-state index contributed by atoms with van der Waals surface area (Å²) in [4.78, 5) is 0. The van der Waals surface area contributed by atoms with Crippen molar-refractivity contribution >= 4 is 0 Å². The van der Waals surface area contributed by atoms with Gasteiger partial charge in [-0.1, -0.05) is 0 Å². The Hall–Kier alpha value is -0.150. The van der Waals surface area contributed by atoms with Crippen molar-refractivity contribution in [2.24, 2.45) is 11.7 Å². The van der Waals surface area contributed by atoms with E-state index in [1.54, 1.807) is 0 Å². The predicted molar refractivity (Wildman–Crippen MR) is 39.5 cm³/mol. The van der Waals surface area contributed by atoms with Gasteiger partial charge in [0.25, 0.3) is 0 Å². The van der Waals surface area contributed by atoms with E-state index in [2.05, 4.69) is 5.32 Å². The van der Waals surface area contributed by atoms with Crippen LogP contribution in [0.1, 0.15) is 12.8 Å². The third-order valence-corrected chi connectivity index (χ3v) is 2.05. The summed E-state index contributed by atoms with van der Waals surface area (Å²) >= 11 is 0. The molecule has 1 aliphatic heterocycles. The molecule has 0 aromatic rings. The zero-order valence-corrected chi connectivity index (χ0v) is 6.15. The van der Waals surface area contributed by atoms with Gasteiger partial charge >= 0.3 is 0 Å². The van der Waals surface area contributed by atoms with Crippen molar-refractivity contribution in [2.45, 2.75) is 19.0 Å². The maximum absolute atomic E-state index is 13.0. The fourth-order valence-electron chi connectivity index (χ4n) is 1.38. The van der Waals surface area contributed by atoms with Crippen molar-refractivity contribution in [2.75, 3.05) is 19.6 Å². The molecule has 1 fully saturated rings. The van der Waals surface area contributed by atoms with Crippen molar-refractivity contribution in [3.05, 3.63) is 0 Å². The van der Waals surface area contributed by atoms with Crippen molar-refractivity contribution in [3.8, 4) is 0 Å². The molecule has 60 valence electrons. The Balaban J connectivity index is 2.18. The molecule has 1 aliphatic rings. The third-order valence-electron chi connectivity index (χ3n) is 2.05. The lowest BCUT2D eigenvalue weighted by atomic mass is 10.0. The van der Waals surface area contributed by atoms with E-state index in [4.69, 9.17) is 5.73 Å². The van der Waals surface area contributed by atoms with E-state index < -0.39 is 6.17 Å². The highest BCUT2D eigenvalue weighted by molar-refractivity contribution is 4.77. The first kappa shape index (κ1) is 7.95. The molecule has 3 N–H and O–H groups in total. The van der Waals surface area contributed by atoms with E-state index in [9.17, 15) is 4.39 Å². The highest BCUT2D eigenvalue weighted by Gasteiger charge is 2.23. The van der Waals surface area contributed by atoms with Crippen LogP contribution in [0.25, 0.3) is 0 Å². The molecule has 0 aromatic heterocycles. The number of rotatable bonds is 3. The summed E-state index contributed by atoms with van der Waals surface area (Å²) in [6.45, 7) is 2.27. The quantitative estimate of drug-likeness (QED) is 0.600. The molecule has 2 unspecified atom stereocenters. The van der Waals surface area contributed by atoms with Gasteiger partial charge in [-0.25, -0.2) is 4.39 Å². The average Bonchev–Trinajstić information content (AvgIpc) is 2.38. The van der Waals surface area contributed by atoms with Crippen LogP contribution in [0.3, 0.4) is 0 Å². The number of nitrogens with one attached hydrogen (secondary N) is 1. The number of hydrogen-bond acceptors (Lipinski definition) is 2. The molecule has 0 radical (unpaired) electrons. The van der Waals surface area contributed by atoms with Gasteiger partial charge < -0.3 is 11.1 Å². The molecule has 0 amide bonds. The van der Waals surface area contributed by atoms with E-state index >= 15 is 0 Å². The van der Waals surface area contributed by atoms with Crippen LogP contribution in [-0.4, -0.2) is 25.8 Å². The average molecular weight is 146 g/mol. The summed E-state index contributed by atoms with van der Waals surface area (Å²) in [6, 6.07) is 0. The Morgan fingerprint density at radius 3 is 3.00 bits per heavy atom. The zero-order chi connectivity index (χ0) is 7.40. The lowest BCUT2D eigenvalue weighted by molar-refractivity contribution is 0.230. The highest BCUT2D eigenvalue weighted by Crippen LogP contribution is 2.17. The lowest BCUT2D eigenvalue weighted by Gasteiger charge is -2.12. The van der Waals surface area contributed by atoms with Gasteiger partial charge in [0.15, 0.2) is 0 Å². The molecule has 10 heavy (non-hydrogen) atoms. The summed E-state index contributed by atoms with van der Waals surface area (Å²) < 4.78 is 13.0. The lowest BCUT2D eigenvalue weighted by Crippen LogP contribution is -2.21. The van der Waals surface area contributed by atoms with Crippen molar-refractivity contribution in [1.82, 2.24) is 5.32 Å². The van der Waals surface area contributed by atoms with E-state index in [0.29, 0.717) is 13.0 Å². The maximum atomic E-state index is 13.0. The molecule has 0 aliphatic carbocycles. The summed E-state index contributed by atoms with van der Waals surface area (Å²) in [6.07, 6.45) is 0.813. The minimum atomic E-state index is -0.681. The predicted octanol–water partition coefficient (Wildman–Crippen LogP) is 0.283. The van der Waals surface area contributed by atoms with Gasteiger partial charge in [-0.15, -0.1) is 0 Å². The van der Waals surface area contributed by atoms with Crippen molar-refractivity contribution in [1.29, 1.82) is 0 Å². The van der Waals surface area contributed by atoms with Crippen LogP contribution >= 0.6 is 0 Å². The zero-order valence-electron chi connectivity index (χ0n) is 6.15. The fraction of sp³-hybridized carbons (Fsp3) is 1.00. The molecule has 2 nitrogen and oxygen atoms in total. The van der Waals surface area contributed by atoms with Gasteiger partial charge in [0.1, 0.15) is 6.17 Å². The summed E-state index contributed by atoms with van der Waals surface area (Å²) in [7, 11) is 0. The summed E-state index contributed by atoms with van der Waals surface area (Å²) in [5.74, 6) is 0.226. The minimum Gasteiger partial charge on any atom is -0.330 e. The number of alkyl halides is 1. The molecule has 3 heteroatoms. The van der Waals surface area contributed by atoms with Crippen LogP contribution < -0.4 is 11.1 Å². The van der Waals surface area contributed by atoms with Gasteiger partial charge in [0.2, 0.25) is 0 Å². The van der Waals surface area contributed by atoms with Crippen LogP contribution in [0.4, 0.5) is 4.39 Å². The first-order chi connectivity index (χ1) is 4.84. The van der Waals surface area contributed by atoms with E-state index in [1.807, 2.05) is 0 Å². The number of hydrogen-bond donors (Lipinski definition) is 2. The molecule has 0 bridgehead atoms. The Morgan fingerprint density at radius 2 is 2.50 bits per heavy atom. The van der Waals surface area contributed by atoms with Gasteiger partial charge in [-0.3, -0.25) is 0 Å². The SMILES string of the molecule is NCCC(F)C1CCNC1. The Morgan fingerprint density at radius 1 is 1.70 bits per heavy atom. The Kier molecular flexibility index (Phi) is 3.09. The molecule has 1 saturated heterocycles. The second-order valence-corrected chi connectivity index (χ2v) is 2.85. The number of halogens is 1. The monoisotopic (exact) mass is 146 g/mol. The molecule has 0 spiro atoms. The van der Waals surface area contributed by atoms with Crippen LogP contribution in [0.5, 0.6) is 0 Å². The van der Waals surface area contributed by atoms with Gasteiger partial charge in [0, 0.05) is 12.5 Å². The van der Waals surface area contributed by atoms with Crippen LogP contribution in [0.15, 0.2) is 0 Å². The van der Waals surface area contributed by atoms with E-state index in [0.717, 1.165) is 19.5 Å². The standard InChI is InChI=1S/C7H15FN2/c8-7(1-3-9)6-2-4-10-5-6/h6-7,10H,1-5,9H2. The largest absolute Gasteiger partial charge is 0.330 e. The molecule has 0 aromatic carbocycles. The molecule has 1 heterocycles. The normalized spacial score (nSPS) is 28.8. The number of nitrogens with two attached hydrogens (primary N) is 1. The topological polar surface area (TPSA) is 38.0 Å². The maximum Gasteiger partial charge on any atom is 0.105 e. The molecule has 1 rings (SSSR count). The van der Waals surface area contributed by atoms with Crippen molar-refractivity contribution in [3.63, 3.8) is 0 Å². The smallest absolute Gasteiger partial charge is 0.105 e. The van der Waals surface area contributed by atoms with Gasteiger partial charge in [-0.2, -0.15) is 0 Å². The van der Waals surface area contributed by atoms with E-state index in [-0.39, 0.29) is 5.92 Å². The van der Waals surface area contributed by atoms with Crippen LogP contribution in [0, 0.1) is 5.92 Å². The summed E-state index contributed by atoms with van der Waals surface area (Å²) in [5.41, 5.74) is 5.24. The Labute approximate surface area is 61.0 Å². The first-order valence-corrected chi connectivity index (χ1v) is 3.89. The fourth-order valence-corrected chi connectivity index (χ4v) is 1.38. The van der Waals surface area contributed by atoms with Crippen LogP contribution in [-0.2, 0) is 0 Å². The molecular weight excluding hydrogens is 131 g/mol.